The number of amides is 1. The number of aromatic nitrogens is 1. The Balaban J connectivity index is 1.43. The van der Waals surface area contributed by atoms with Crippen LogP contribution in [0, 0.1) is 17.2 Å². The molecule has 2 aromatic heterocycles. The van der Waals surface area contributed by atoms with Crippen LogP contribution < -0.4 is 10.0 Å². The van der Waals surface area contributed by atoms with Crippen LogP contribution in [0.4, 0.5) is 5.88 Å². The summed E-state index contributed by atoms with van der Waals surface area (Å²) in [5.74, 6) is 0.826. The predicted molar refractivity (Wildman–Crippen MR) is 123 cm³/mol. The summed E-state index contributed by atoms with van der Waals surface area (Å²) >= 11 is 0. The van der Waals surface area contributed by atoms with Crippen LogP contribution in [0.25, 0.3) is 11.7 Å². The molecule has 2 N–H and O–H groups in total. The minimum absolute atomic E-state index is 0.0141. The molecule has 0 spiro atoms. The lowest BCUT2D eigenvalue weighted by atomic mass is 9.94. The Morgan fingerprint density at radius 2 is 2.03 bits per heavy atom. The number of primary sulfonamides is 1. The number of rotatable bonds is 6. The van der Waals surface area contributed by atoms with Gasteiger partial charge >= 0.3 is 0 Å². The van der Waals surface area contributed by atoms with Crippen LogP contribution >= 0.6 is 0 Å². The number of hydrogen-bond acceptors (Lipinski definition) is 8. The molecule has 1 saturated heterocycles. The molecule has 3 heterocycles. The molecule has 0 saturated carbocycles. The maximum atomic E-state index is 13.2. The number of sulfonamides is 1. The van der Waals surface area contributed by atoms with Gasteiger partial charge in [-0.3, -0.25) is 4.79 Å². The van der Waals surface area contributed by atoms with Crippen LogP contribution in [0.3, 0.4) is 0 Å². The third-order valence-corrected chi connectivity index (χ3v) is 7.09. The fourth-order valence-electron chi connectivity index (χ4n) is 4.09. The van der Waals surface area contributed by atoms with Gasteiger partial charge in [-0.1, -0.05) is 12.1 Å². The average Bonchev–Trinajstić information content (AvgIpc) is 3.52. The Hall–Kier alpha value is -3.62. The summed E-state index contributed by atoms with van der Waals surface area (Å²) in [6, 6.07) is 11.5. The highest BCUT2D eigenvalue weighted by molar-refractivity contribution is 7.89. The number of anilines is 1. The predicted octanol–water partition coefficient (Wildman–Crippen LogP) is 2.89. The number of nitrogens with two attached hydrogens (primary N) is 1. The first-order valence-electron chi connectivity index (χ1n) is 10.8. The molecule has 1 aliphatic heterocycles. The zero-order valence-electron chi connectivity index (χ0n) is 18.8. The molecule has 0 aliphatic carbocycles. The lowest BCUT2D eigenvalue weighted by molar-refractivity contribution is -0.136. The van der Waals surface area contributed by atoms with Gasteiger partial charge in [0.1, 0.15) is 6.07 Å². The largest absolute Gasteiger partial charge is 0.459 e. The van der Waals surface area contributed by atoms with E-state index in [2.05, 4.69) is 11.1 Å². The van der Waals surface area contributed by atoms with Crippen LogP contribution in [0.15, 0.2) is 56.4 Å². The van der Waals surface area contributed by atoms with Crippen molar-refractivity contribution in [1.82, 2.24) is 9.88 Å². The molecule has 1 aromatic carbocycles. The second kappa shape index (κ2) is 9.32. The third-order valence-electron chi connectivity index (χ3n) is 6.18. The minimum Gasteiger partial charge on any atom is -0.459 e. The number of nitrogens with zero attached hydrogens (tertiary/aromatic N) is 4. The van der Waals surface area contributed by atoms with Crippen molar-refractivity contribution in [2.24, 2.45) is 11.1 Å². The molecule has 1 atom stereocenters. The van der Waals surface area contributed by atoms with E-state index in [0.29, 0.717) is 43.1 Å². The Morgan fingerprint density at radius 3 is 2.65 bits per heavy atom. The van der Waals surface area contributed by atoms with E-state index in [1.807, 2.05) is 11.8 Å². The molecular formula is C23H25N5O5S. The Morgan fingerprint density at radius 1 is 1.29 bits per heavy atom. The van der Waals surface area contributed by atoms with Crippen molar-refractivity contribution >= 4 is 21.8 Å². The molecule has 1 amide bonds. The van der Waals surface area contributed by atoms with Gasteiger partial charge in [-0.2, -0.15) is 10.2 Å². The normalized spacial score (nSPS) is 15.6. The first-order valence-corrected chi connectivity index (χ1v) is 12.3. The van der Waals surface area contributed by atoms with Gasteiger partial charge in [0, 0.05) is 26.1 Å². The second-order valence-electron chi connectivity index (χ2n) is 8.27. The standard InChI is InChI=1S/C23H25N5O5S/c1-15(17-5-3-6-18(13-17)34(25,30)31)27(2)22(29)16-8-10-28(11-9-16)23-19(14-24)26-21(33-23)20-7-4-12-32-20/h3-7,12-13,15-16H,8-11H2,1-2H3,(H2,25,30,31). The number of carbonyl (C=O) groups excluding carboxylic acids is 1. The van der Waals surface area contributed by atoms with Gasteiger partial charge in [-0.25, -0.2) is 13.6 Å². The molecule has 0 radical (unpaired) electrons. The molecule has 0 bridgehead atoms. The van der Waals surface area contributed by atoms with E-state index in [9.17, 15) is 18.5 Å². The van der Waals surface area contributed by atoms with E-state index >= 15 is 0 Å². The van der Waals surface area contributed by atoms with Crippen LogP contribution in [0.1, 0.15) is 37.1 Å². The average molecular weight is 484 g/mol. The highest BCUT2D eigenvalue weighted by atomic mass is 32.2. The summed E-state index contributed by atoms with van der Waals surface area (Å²) in [6.07, 6.45) is 2.66. The molecule has 11 heteroatoms. The van der Waals surface area contributed by atoms with E-state index in [-0.39, 0.29) is 34.3 Å². The number of hydrogen-bond donors (Lipinski definition) is 1. The smallest absolute Gasteiger partial charge is 0.266 e. The summed E-state index contributed by atoms with van der Waals surface area (Å²) in [5, 5.41) is 14.7. The number of carbonyl (C=O) groups is 1. The molecule has 1 unspecified atom stereocenters. The number of furan rings is 1. The van der Waals surface area contributed by atoms with Gasteiger partial charge in [0.25, 0.3) is 5.89 Å². The molecule has 10 nitrogen and oxygen atoms in total. The van der Waals surface area contributed by atoms with Gasteiger partial charge in [0.15, 0.2) is 5.76 Å². The Bertz CT molecular complexity index is 1320. The molecule has 1 fully saturated rings. The summed E-state index contributed by atoms with van der Waals surface area (Å²) in [6.45, 7) is 2.90. The molecule has 3 aromatic rings. The van der Waals surface area contributed by atoms with Gasteiger partial charge in [0.05, 0.1) is 17.2 Å². The van der Waals surface area contributed by atoms with E-state index in [1.54, 1.807) is 36.2 Å². The fourth-order valence-corrected chi connectivity index (χ4v) is 4.66. The highest BCUT2D eigenvalue weighted by Crippen LogP contribution is 2.32. The zero-order valence-corrected chi connectivity index (χ0v) is 19.7. The van der Waals surface area contributed by atoms with Gasteiger partial charge in [-0.15, -0.1) is 0 Å². The third kappa shape index (κ3) is 4.69. The zero-order chi connectivity index (χ0) is 24.5. The van der Waals surface area contributed by atoms with Crippen molar-refractivity contribution < 1.29 is 22.0 Å². The Labute approximate surface area is 197 Å². The van der Waals surface area contributed by atoms with Crippen LogP contribution in [-0.2, 0) is 14.8 Å². The summed E-state index contributed by atoms with van der Waals surface area (Å²) in [5.41, 5.74) is 0.863. The first-order chi connectivity index (χ1) is 16.2. The van der Waals surface area contributed by atoms with Crippen molar-refractivity contribution in [2.45, 2.75) is 30.7 Å². The lowest BCUT2D eigenvalue weighted by Crippen LogP contribution is -2.42. The van der Waals surface area contributed by atoms with Gasteiger partial charge < -0.3 is 18.6 Å². The van der Waals surface area contributed by atoms with E-state index in [1.165, 1.54) is 18.4 Å². The fraction of sp³-hybridized carbons (Fsp3) is 0.348. The highest BCUT2D eigenvalue weighted by Gasteiger charge is 2.32. The number of benzene rings is 1. The first kappa shape index (κ1) is 23.5. The lowest BCUT2D eigenvalue weighted by Gasteiger charge is -2.35. The summed E-state index contributed by atoms with van der Waals surface area (Å²) in [4.78, 5) is 21.0. The van der Waals surface area contributed by atoms with E-state index < -0.39 is 10.0 Å². The van der Waals surface area contributed by atoms with Crippen LogP contribution in [0.5, 0.6) is 0 Å². The number of piperidine rings is 1. The second-order valence-corrected chi connectivity index (χ2v) is 9.83. The van der Waals surface area contributed by atoms with Crippen molar-refractivity contribution in [3.8, 4) is 17.7 Å². The Kier molecular flexibility index (Phi) is 6.45. The molecule has 4 rings (SSSR count). The van der Waals surface area contributed by atoms with Gasteiger partial charge in [0.2, 0.25) is 27.5 Å². The summed E-state index contributed by atoms with van der Waals surface area (Å²) < 4.78 is 34.5. The van der Waals surface area contributed by atoms with Crippen molar-refractivity contribution in [1.29, 1.82) is 5.26 Å². The summed E-state index contributed by atoms with van der Waals surface area (Å²) in [7, 11) is -2.12. The minimum atomic E-state index is -3.83. The monoisotopic (exact) mass is 483 g/mol. The molecule has 34 heavy (non-hydrogen) atoms. The van der Waals surface area contributed by atoms with E-state index in [4.69, 9.17) is 14.0 Å². The maximum absolute atomic E-state index is 13.2. The molecular weight excluding hydrogens is 458 g/mol. The number of nitriles is 1. The quantitative estimate of drug-likeness (QED) is 0.563. The molecule has 1 aliphatic rings. The maximum Gasteiger partial charge on any atom is 0.266 e. The topological polar surface area (TPSA) is 147 Å². The SMILES string of the molecule is CC(c1cccc(S(N)(=O)=O)c1)N(C)C(=O)C1CCN(c2oc(-c3ccco3)nc2C#N)CC1. The number of oxazole rings is 1. The van der Waals surface area contributed by atoms with Crippen molar-refractivity contribution in [3.05, 3.63) is 53.9 Å². The van der Waals surface area contributed by atoms with Crippen molar-refractivity contribution in [3.63, 3.8) is 0 Å². The molecule has 178 valence electrons. The van der Waals surface area contributed by atoms with E-state index in [0.717, 1.165) is 0 Å². The van der Waals surface area contributed by atoms with Crippen LogP contribution in [0.2, 0.25) is 0 Å². The van der Waals surface area contributed by atoms with Crippen LogP contribution in [-0.4, -0.2) is 44.3 Å². The van der Waals surface area contributed by atoms with Gasteiger partial charge in [-0.05, 0) is 49.6 Å². The van der Waals surface area contributed by atoms with Crippen molar-refractivity contribution in [2.75, 3.05) is 25.0 Å².